The molecule has 0 rings (SSSR count). The highest BCUT2D eigenvalue weighted by atomic mass is 14.9. The second-order valence-corrected chi connectivity index (χ2v) is 3.81. The number of unbranched alkanes of at least 4 members (excludes halogenated alkanes) is 2. The molecular formula is C11H26N2. The van der Waals surface area contributed by atoms with Gasteiger partial charge in [0.05, 0.1) is 0 Å². The second-order valence-electron chi connectivity index (χ2n) is 3.81. The fraction of sp³-hybridized carbons (Fsp3) is 1.00. The highest BCUT2D eigenvalue weighted by Gasteiger charge is 1.98. The van der Waals surface area contributed by atoms with Crippen molar-refractivity contribution < 1.29 is 0 Å². The van der Waals surface area contributed by atoms with Gasteiger partial charge in [-0.2, -0.15) is 0 Å². The van der Waals surface area contributed by atoms with Crippen LogP contribution < -0.4 is 10.6 Å². The number of nitrogens with one attached hydrogen (secondary N) is 2. The van der Waals surface area contributed by atoms with E-state index in [4.69, 9.17) is 0 Å². The molecule has 0 saturated heterocycles. The average Bonchev–Trinajstić information content (AvgIpc) is 2.14. The van der Waals surface area contributed by atoms with E-state index in [1.54, 1.807) is 0 Å². The molecule has 0 fully saturated rings. The van der Waals surface area contributed by atoms with E-state index in [1.807, 2.05) is 7.05 Å². The van der Waals surface area contributed by atoms with Gasteiger partial charge in [0.15, 0.2) is 0 Å². The Morgan fingerprint density at radius 1 is 1.08 bits per heavy atom. The van der Waals surface area contributed by atoms with Gasteiger partial charge in [-0.05, 0) is 46.3 Å². The van der Waals surface area contributed by atoms with Crippen LogP contribution >= 0.6 is 0 Å². The molecule has 0 aromatic carbocycles. The summed E-state index contributed by atoms with van der Waals surface area (Å²) in [5, 5.41) is 6.71. The molecule has 0 aliphatic heterocycles. The lowest BCUT2D eigenvalue weighted by Gasteiger charge is -2.12. The Labute approximate surface area is 83.5 Å². The van der Waals surface area contributed by atoms with Crippen LogP contribution in [0.1, 0.15) is 46.0 Å². The van der Waals surface area contributed by atoms with Crippen LogP contribution in [0.3, 0.4) is 0 Å². The first-order valence-corrected chi connectivity index (χ1v) is 5.69. The lowest BCUT2D eigenvalue weighted by molar-refractivity contribution is 0.482. The molecule has 0 aromatic rings. The summed E-state index contributed by atoms with van der Waals surface area (Å²) in [5.41, 5.74) is 0. The van der Waals surface area contributed by atoms with Crippen LogP contribution in [0.4, 0.5) is 0 Å². The highest BCUT2D eigenvalue weighted by Crippen LogP contribution is 1.99. The molecule has 0 radical (unpaired) electrons. The van der Waals surface area contributed by atoms with E-state index < -0.39 is 0 Å². The second kappa shape index (κ2) is 10.0. The van der Waals surface area contributed by atoms with E-state index in [2.05, 4.69) is 24.5 Å². The van der Waals surface area contributed by atoms with Gasteiger partial charge in [0.1, 0.15) is 0 Å². The first-order valence-electron chi connectivity index (χ1n) is 5.69. The van der Waals surface area contributed by atoms with Gasteiger partial charge < -0.3 is 10.6 Å². The average molecular weight is 186 g/mol. The predicted octanol–water partition coefficient (Wildman–Crippen LogP) is 2.15. The molecule has 0 aliphatic carbocycles. The summed E-state index contributed by atoms with van der Waals surface area (Å²) >= 11 is 0. The summed E-state index contributed by atoms with van der Waals surface area (Å²) in [5.74, 6) is 0. The first-order chi connectivity index (χ1) is 6.31. The summed E-state index contributed by atoms with van der Waals surface area (Å²) in [6.45, 7) is 6.85. The molecule has 0 heterocycles. The van der Waals surface area contributed by atoms with Crippen molar-refractivity contribution in [3.8, 4) is 0 Å². The van der Waals surface area contributed by atoms with Crippen molar-refractivity contribution in [3.63, 3.8) is 0 Å². The molecule has 0 bridgehead atoms. The minimum absolute atomic E-state index is 0.703. The zero-order valence-electron chi connectivity index (χ0n) is 9.53. The SMILES string of the molecule is CCCCC(C)NCCCCNC. The maximum atomic E-state index is 3.55. The summed E-state index contributed by atoms with van der Waals surface area (Å²) in [4.78, 5) is 0. The van der Waals surface area contributed by atoms with Crippen molar-refractivity contribution in [2.75, 3.05) is 20.1 Å². The van der Waals surface area contributed by atoms with Gasteiger partial charge in [-0.3, -0.25) is 0 Å². The van der Waals surface area contributed by atoms with Gasteiger partial charge >= 0.3 is 0 Å². The number of hydrogen-bond donors (Lipinski definition) is 2. The van der Waals surface area contributed by atoms with E-state index >= 15 is 0 Å². The van der Waals surface area contributed by atoms with Crippen LogP contribution in [0.5, 0.6) is 0 Å². The zero-order valence-corrected chi connectivity index (χ0v) is 9.53. The van der Waals surface area contributed by atoms with Crippen molar-refractivity contribution in [3.05, 3.63) is 0 Å². The van der Waals surface area contributed by atoms with Crippen molar-refractivity contribution in [1.82, 2.24) is 10.6 Å². The summed E-state index contributed by atoms with van der Waals surface area (Å²) in [6.07, 6.45) is 6.56. The van der Waals surface area contributed by atoms with Gasteiger partial charge in [-0.25, -0.2) is 0 Å². The van der Waals surface area contributed by atoms with Crippen molar-refractivity contribution in [2.45, 2.75) is 52.0 Å². The molecule has 0 spiro atoms. The Balaban J connectivity index is 3.03. The fourth-order valence-electron chi connectivity index (χ4n) is 1.39. The first kappa shape index (κ1) is 12.9. The Hall–Kier alpha value is -0.0800. The molecule has 1 unspecified atom stereocenters. The summed E-state index contributed by atoms with van der Waals surface area (Å²) in [7, 11) is 2.01. The largest absolute Gasteiger partial charge is 0.320 e. The summed E-state index contributed by atoms with van der Waals surface area (Å²) in [6, 6.07) is 0.703. The highest BCUT2D eigenvalue weighted by molar-refractivity contribution is 4.60. The molecule has 1 atom stereocenters. The molecule has 0 aliphatic rings. The molecule has 2 N–H and O–H groups in total. The van der Waals surface area contributed by atoms with Gasteiger partial charge in [0, 0.05) is 6.04 Å². The standard InChI is InChI=1S/C11H26N2/c1-4-5-8-11(2)13-10-7-6-9-12-3/h11-13H,4-10H2,1-3H3. The fourth-order valence-corrected chi connectivity index (χ4v) is 1.39. The third-order valence-corrected chi connectivity index (χ3v) is 2.34. The third kappa shape index (κ3) is 9.84. The molecule has 0 saturated carbocycles. The normalized spacial score (nSPS) is 13.2. The minimum Gasteiger partial charge on any atom is -0.320 e. The quantitative estimate of drug-likeness (QED) is 0.539. The van der Waals surface area contributed by atoms with Crippen LogP contribution in [0.2, 0.25) is 0 Å². The van der Waals surface area contributed by atoms with E-state index in [9.17, 15) is 0 Å². The predicted molar refractivity (Wildman–Crippen MR) is 60.2 cm³/mol. The Kier molecular flexibility index (Phi) is 9.94. The maximum Gasteiger partial charge on any atom is 0.00387 e. The molecule has 13 heavy (non-hydrogen) atoms. The Bertz CT molecular complexity index is 94.1. The molecule has 0 amide bonds. The molecule has 2 heteroatoms. The van der Waals surface area contributed by atoms with E-state index in [-0.39, 0.29) is 0 Å². The monoisotopic (exact) mass is 186 g/mol. The van der Waals surface area contributed by atoms with Crippen molar-refractivity contribution in [1.29, 1.82) is 0 Å². The number of rotatable bonds is 9. The van der Waals surface area contributed by atoms with E-state index in [1.165, 1.54) is 38.6 Å². The van der Waals surface area contributed by atoms with Crippen molar-refractivity contribution in [2.24, 2.45) is 0 Å². The van der Waals surface area contributed by atoms with Crippen LogP contribution in [0, 0.1) is 0 Å². The van der Waals surface area contributed by atoms with Crippen molar-refractivity contribution >= 4 is 0 Å². The van der Waals surface area contributed by atoms with Crippen LogP contribution in [0.25, 0.3) is 0 Å². The van der Waals surface area contributed by atoms with Crippen LogP contribution in [0.15, 0.2) is 0 Å². The molecule has 80 valence electrons. The van der Waals surface area contributed by atoms with Gasteiger partial charge in [0.2, 0.25) is 0 Å². The minimum atomic E-state index is 0.703. The lowest BCUT2D eigenvalue weighted by atomic mass is 10.1. The van der Waals surface area contributed by atoms with Crippen LogP contribution in [-0.2, 0) is 0 Å². The lowest BCUT2D eigenvalue weighted by Crippen LogP contribution is -2.27. The van der Waals surface area contributed by atoms with Gasteiger partial charge in [-0.15, -0.1) is 0 Å². The Morgan fingerprint density at radius 2 is 1.77 bits per heavy atom. The molecule has 0 aromatic heterocycles. The third-order valence-electron chi connectivity index (χ3n) is 2.34. The van der Waals surface area contributed by atoms with Gasteiger partial charge in [-0.1, -0.05) is 19.8 Å². The summed E-state index contributed by atoms with van der Waals surface area (Å²) < 4.78 is 0. The molecular weight excluding hydrogens is 160 g/mol. The topological polar surface area (TPSA) is 24.1 Å². The van der Waals surface area contributed by atoms with E-state index in [0.717, 1.165) is 6.54 Å². The number of hydrogen-bond acceptors (Lipinski definition) is 2. The zero-order chi connectivity index (χ0) is 9.94. The van der Waals surface area contributed by atoms with Gasteiger partial charge in [0.25, 0.3) is 0 Å². The smallest absolute Gasteiger partial charge is 0.00387 e. The van der Waals surface area contributed by atoms with E-state index in [0.29, 0.717) is 6.04 Å². The maximum absolute atomic E-state index is 3.55. The molecule has 2 nitrogen and oxygen atoms in total. The Morgan fingerprint density at radius 3 is 2.38 bits per heavy atom. The van der Waals surface area contributed by atoms with Crippen LogP contribution in [-0.4, -0.2) is 26.2 Å².